The average Bonchev–Trinajstić information content (AvgIpc) is 3.03. The Hall–Kier alpha value is -3.56. The van der Waals surface area contributed by atoms with E-state index in [9.17, 15) is 18.0 Å². The molecule has 10 heteroatoms. The lowest BCUT2D eigenvalue weighted by molar-refractivity contribution is -0.129. The summed E-state index contributed by atoms with van der Waals surface area (Å²) in [5.74, 6) is -0.131. The summed E-state index contributed by atoms with van der Waals surface area (Å²) in [5, 5.41) is 0.745. The summed E-state index contributed by atoms with van der Waals surface area (Å²) in [6, 6.07) is 7.31. The number of alkyl halides is 2. The maximum atomic E-state index is 14.8. The first-order valence-corrected chi connectivity index (χ1v) is 12.0. The lowest BCUT2D eigenvalue weighted by Gasteiger charge is -2.41. The number of nitrogens with zero attached hydrogens (tertiary/aromatic N) is 5. The zero-order valence-electron chi connectivity index (χ0n) is 20.4. The van der Waals surface area contributed by atoms with Crippen LogP contribution in [0.5, 0.6) is 5.75 Å². The Balaban J connectivity index is 1.61. The molecule has 2 aliphatic heterocycles. The predicted octanol–water partition coefficient (Wildman–Crippen LogP) is 4.13. The van der Waals surface area contributed by atoms with Gasteiger partial charge in [0.15, 0.2) is 5.49 Å². The lowest BCUT2D eigenvalue weighted by atomic mass is 10.0. The molecule has 190 valence electrons. The SMILES string of the molecule is CC(=O)N1CCN2c3cc4/c(=N/[C@H](C)c5cccc(C(F)F)c5F)ncn(C)c4cc3OCC[C@@H]2C1. The largest absolute Gasteiger partial charge is 0.491 e. The van der Waals surface area contributed by atoms with E-state index >= 15 is 0 Å². The van der Waals surface area contributed by atoms with E-state index in [-0.39, 0.29) is 17.5 Å². The van der Waals surface area contributed by atoms with Gasteiger partial charge in [0.05, 0.1) is 41.8 Å². The van der Waals surface area contributed by atoms with Crippen molar-refractivity contribution in [3.05, 3.63) is 59.1 Å². The van der Waals surface area contributed by atoms with Crippen molar-refractivity contribution < 1.29 is 22.7 Å². The molecule has 1 amide bonds. The molecule has 0 aliphatic carbocycles. The van der Waals surface area contributed by atoms with Gasteiger partial charge in [0.25, 0.3) is 6.43 Å². The van der Waals surface area contributed by atoms with E-state index in [1.54, 1.807) is 20.2 Å². The molecule has 1 fully saturated rings. The molecule has 0 bridgehead atoms. The number of fused-ring (bicyclic) bond motifs is 4. The quantitative estimate of drug-likeness (QED) is 0.544. The Labute approximate surface area is 206 Å². The number of benzene rings is 2. The number of hydrogen-bond acceptors (Lipinski definition) is 5. The third-order valence-electron chi connectivity index (χ3n) is 7.06. The highest BCUT2D eigenvalue weighted by molar-refractivity contribution is 5.86. The fourth-order valence-electron chi connectivity index (χ4n) is 5.07. The smallest absolute Gasteiger partial charge is 0.266 e. The van der Waals surface area contributed by atoms with Gasteiger partial charge in [-0.05, 0) is 13.0 Å². The Morgan fingerprint density at radius 3 is 2.75 bits per heavy atom. The van der Waals surface area contributed by atoms with Crippen LogP contribution in [0.3, 0.4) is 0 Å². The average molecular weight is 500 g/mol. The molecule has 0 spiro atoms. The fraction of sp³-hybridized carbons (Fsp3) is 0.423. The topological polar surface area (TPSA) is 63.0 Å². The Morgan fingerprint density at radius 1 is 1.22 bits per heavy atom. The van der Waals surface area contributed by atoms with Gasteiger partial charge in [-0.2, -0.15) is 0 Å². The van der Waals surface area contributed by atoms with E-state index in [2.05, 4.69) is 14.9 Å². The van der Waals surface area contributed by atoms with Crippen LogP contribution in [0.2, 0.25) is 0 Å². The third-order valence-corrected chi connectivity index (χ3v) is 7.06. The van der Waals surface area contributed by atoms with Crippen LogP contribution in [-0.4, -0.2) is 52.6 Å². The monoisotopic (exact) mass is 499 g/mol. The minimum atomic E-state index is -2.90. The summed E-state index contributed by atoms with van der Waals surface area (Å²) in [5.41, 5.74) is 1.58. The van der Waals surface area contributed by atoms with Crippen molar-refractivity contribution in [2.75, 3.05) is 31.1 Å². The molecule has 2 aliphatic rings. The number of amides is 1. The number of carbonyl (C=O) groups is 1. The van der Waals surface area contributed by atoms with Crippen molar-refractivity contribution in [3.8, 4) is 5.75 Å². The summed E-state index contributed by atoms with van der Waals surface area (Å²) in [6.07, 6.45) is -0.497. The number of aryl methyl sites for hydroxylation is 1. The molecule has 1 saturated heterocycles. The first kappa shape index (κ1) is 24.1. The number of ether oxygens (including phenoxy) is 1. The van der Waals surface area contributed by atoms with Gasteiger partial charge >= 0.3 is 0 Å². The summed E-state index contributed by atoms with van der Waals surface area (Å²) in [6.45, 7) is 5.72. The van der Waals surface area contributed by atoms with Gasteiger partial charge in [0, 0.05) is 57.0 Å². The van der Waals surface area contributed by atoms with Gasteiger partial charge in [-0.25, -0.2) is 18.2 Å². The minimum Gasteiger partial charge on any atom is -0.491 e. The number of hydrogen-bond donors (Lipinski definition) is 0. The molecule has 0 unspecified atom stereocenters. The molecule has 3 heterocycles. The first-order chi connectivity index (χ1) is 17.2. The maximum absolute atomic E-state index is 14.8. The van der Waals surface area contributed by atoms with Crippen molar-refractivity contribution in [1.82, 2.24) is 14.5 Å². The van der Waals surface area contributed by atoms with Crippen LogP contribution in [0.1, 0.15) is 43.9 Å². The van der Waals surface area contributed by atoms with Crippen LogP contribution in [0.15, 0.2) is 41.7 Å². The number of aromatic nitrogens is 2. The third kappa shape index (κ3) is 4.29. The summed E-state index contributed by atoms with van der Waals surface area (Å²) >= 11 is 0. The summed E-state index contributed by atoms with van der Waals surface area (Å²) in [4.78, 5) is 25.2. The minimum absolute atomic E-state index is 0.0630. The molecule has 5 rings (SSSR count). The molecule has 7 nitrogen and oxygen atoms in total. The normalized spacial score (nSPS) is 19.1. The van der Waals surface area contributed by atoms with Gasteiger partial charge in [0.2, 0.25) is 5.91 Å². The van der Waals surface area contributed by atoms with Crippen LogP contribution >= 0.6 is 0 Å². The van der Waals surface area contributed by atoms with E-state index in [1.165, 1.54) is 12.1 Å². The fourth-order valence-corrected chi connectivity index (χ4v) is 5.07. The molecule has 3 aromatic rings. The van der Waals surface area contributed by atoms with E-state index in [0.29, 0.717) is 31.7 Å². The number of carbonyl (C=O) groups excluding carboxylic acids is 1. The lowest BCUT2D eigenvalue weighted by Crippen LogP contribution is -2.54. The number of halogens is 3. The van der Waals surface area contributed by atoms with Gasteiger partial charge in [0.1, 0.15) is 11.6 Å². The number of piperazine rings is 1. The number of anilines is 1. The van der Waals surface area contributed by atoms with E-state index in [1.807, 2.05) is 28.6 Å². The highest BCUT2D eigenvalue weighted by Crippen LogP contribution is 2.37. The van der Waals surface area contributed by atoms with Gasteiger partial charge in [-0.15, -0.1) is 0 Å². The maximum Gasteiger partial charge on any atom is 0.266 e. The molecular weight excluding hydrogens is 471 g/mol. The number of rotatable bonds is 3. The molecular formula is C26H28F3N5O2. The van der Waals surface area contributed by atoms with Crippen LogP contribution in [0.25, 0.3) is 10.9 Å². The molecule has 0 radical (unpaired) electrons. The second-order valence-electron chi connectivity index (χ2n) is 9.32. The highest BCUT2D eigenvalue weighted by atomic mass is 19.3. The van der Waals surface area contributed by atoms with Crippen LogP contribution in [0, 0.1) is 5.82 Å². The van der Waals surface area contributed by atoms with Gasteiger partial charge < -0.3 is 19.1 Å². The second-order valence-corrected chi connectivity index (χ2v) is 9.32. The van der Waals surface area contributed by atoms with Gasteiger partial charge in [-0.3, -0.25) is 9.79 Å². The Bertz CT molecular complexity index is 1390. The van der Waals surface area contributed by atoms with Gasteiger partial charge in [-0.1, -0.05) is 18.2 Å². The zero-order valence-corrected chi connectivity index (χ0v) is 20.4. The van der Waals surface area contributed by atoms with Crippen molar-refractivity contribution in [2.24, 2.45) is 12.0 Å². The summed E-state index contributed by atoms with van der Waals surface area (Å²) < 4.78 is 49.2. The summed E-state index contributed by atoms with van der Waals surface area (Å²) in [7, 11) is 1.87. The molecule has 2 aromatic carbocycles. The standard InChI is InChI=1S/C26H28F3N5O2/c1-15(18-5-4-6-19(24(18)27)25(28)29)31-26-20-11-22-23(12-21(20)32(3)14-30-26)36-10-7-17-13-33(16(2)35)8-9-34(17)22/h4-6,11-12,14-15,17,25H,7-10,13H2,1-3H3/b31-26-/t15-,17-/m1/s1. The van der Waals surface area contributed by atoms with Crippen molar-refractivity contribution in [3.63, 3.8) is 0 Å². The van der Waals surface area contributed by atoms with Crippen LogP contribution < -0.4 is 15.1 Å². The van der Waals surface area contributed by atoms with Crippen molar-refractivity contribution in [2.45, 2.75) is 38.8 Å². The second kappa shape index (κ2) is 9.48. The first-order valence-electron chi connectivity index (χ1n) is 12.0. The molecule has 0 saturated carbocycles. The highest BCUT2D eigenvalue weighted by Gasteiger charge is 2.32. The Morgan fingerprint density at radius 2 is 2.00 bits per heavy atom. The van der Waals surface area contributed by atoms with E-state index in [0.717, 1.165) is 34.8 Å². The zero-order chi connectivity index (χ0) is 25.6. The van der Waals surface area contributed by atoms with Crippen molar-refractivity contribution in [1.29, 1.82) is 0 Å². The van der Waals surface area contributed by atoms with Crippen LogP contribution in [-0.2, 0) is 11.8 Å². The Kier molecular flexibility index (Phi) is 6.36. The van der Waals surface area contributed by atoms with Crippen LogP contribution in [0.4, 0.5) is 18.9 Å². The van der Waals surface area contributed by atoms with E-state index < -0.39 is 23.8 Å². The molecule has 2 atom stereocenters. The molecule has 36 heavy (non-hydrogen) atoms. The molecule has 1 aromatic heterocycles. The molecule has 0 N–H and O–H groups in total. The van der Waals surface area contributed by atoms with Crippen molar-refractivity contribution >= 4 is 22.5 Å². The van der Waals surface area contributed by atoms with E-state index in [4.69, 9.17) is 4.74 Å². The predicted molar refractivity (Wildman–Crippen MR) is 130 cm³/mol.